The van der Waals surface area contributed by atoms with Gasteiger partial charge in [0.1, 0.15) is 11.9 Å². The Morgan fingerprint density at radius 1 is 0.939 bits per heavy atom. The minimum absolute atomic E-state index is 0.284. The van der Waals surface area contributed by atoms with Crippen molar-refractivity contribution in [3.05, 3.63) is 54.5 Å². The van der Waals surface area contributed by atoms with Crippen LogP contribution in [0.5, 0.6) is 5.88 Å². The first-order valence-electron chi connectivity index (χ1n) is 11.6. The molecule has 1 saturated carbocycles. The fraction of sp³-hybridized carbons (Fsp3) is 0.308. The largest absolute Gasteiger partial charge is 0.474 e. The summed E-state index contributed by atoms with van der Waals surface area (Å²) in [6, 6.07) is 10.1. The first-order chi connectivity index (χ1) is 16.1. The molecule has 0 radical (unpaired) electrons. The Bertz CT molecular complexity index is 1380. The fourth-order valence-corrected chi connectivity index (χ4v) is 4.66. The molecule has 0 saturated heterocycles. The molecule has 0 amide bonds. The van der Waals surface area contributed by atoms with Crippen molar-refractivity contribution in [3.63, 3.8) is 0 Å². The van der Waals surface area contributed by atoms with Crippen molar-refractivity contribution in [1.82, 2.24) is 30.1 Å². The first-order valence-corrected chi connectivity index (χ1v) is 11.6. The Hall–Kier alpha value is -3.74. The van der Waals surface area contributed by atoms with Crippen LogP contribution in [0.2, 0.25) is 0 Å². The Morgan fingerprint density at radius 3 is 2.61 bits per heavy atom. The quantitative estimate of drug-likeness (QED) is 0.368. The van der Waals surface area contributed by atoms with Crippen molar-refractivity contribution in [1.29, 1.82) is 0 Å². The van der Waals surface area contributed by atoms with Gasteiger partial charge < -0.3 is 9.72 Å². The summed E-state index contributed by atoms with van der Waals surface area (Å²) in [5.41, 5.74) is 6.81. The van der Waals surface area contributed by atoms with Crippen molar-refractivity contribution < 1.29 is 4.74 Å². The van der Waals surface area contributed by atoms with Gasteiger partial charge in [-0.2, -0.15) is 5.10 Å². The van der Waals surface area contributed by atoms with Crippen molar-refractivity contribution in [2.75, 3.05) is 0 Å². The third kappa shape index (κ3) is 3.84. The summed E-state index contributed by atoms with van der Waals surface area (Å²) < 4.78 is 6.10. The van der Waals surface area contributed by atoms with Crippen LogP contribution in [0.3, 0.4) is 0 Å². The number of aryl methyl sites for hydroxylation is 1. The molecule has 4 aromatic heterocycles. The number of ether oxygens (including phenoxy) is 1. The Morgan fingerprint density at radius 2 is 1.82 bits per heavy atom. The minimum atomic E-state index is 0.284. The topological polar surface area (TPSA) is 92.4 Å². The lowest BCUT2D eigenvalue weighted by Crippen LogP contribution is -2.23. The van der Waals surface area contributed by atoms with E-state index in [0.717, 1.165) is 68.9 Å². The normalized spacial score (nSPS) is 18.7. The Balaban J connectivity index is 1.23. The molecular weight excluding hydrogens is 412 g/mol. The maximum Gasteiger partial charge on any atom is 0.213 e. The number of aromatic nitrogens is 6. The lowest BCUT2D eigenvalue weighted by atomic mass is 9.89. The second kappa shape index (κ2) is 7.99. The van der Waals surface area contributed by atoms with Crippen molar-refractivity contribution in [2.45, 2.75) is 45.6 Å². The first kappa shape index (κ1) is 19.9. The predicted octanol–water partition coefficient (Wildman–Crippen LogP) is 5.83. The summed E-state index contributed by atoms with van der Waals surface area (Å²) in [4.78, 5) is 17.4. The zero-order chi connectivity index (χ0) is 22.4. The second-order valence-corrected chi connectivity index (χ2v) is 9.18. The molecule has 5 aromatic rings. The molecule has 1 fully saturated rings. The van der Waals surface area contributed by atoms with Gasteiger partial charge in [-0.05, 0) is 68.4 Å². The molecule has 1 aliphatic rings. The Kier molecular flexibility index (Phi) is 4.82. The summed E-state index contributed by atoms with van der Waals surface area (Å²) in [6.07, 6.45) is 10.5. The highest BCUT2D eigenvalue weighted by Gasteiger charge is 2.20. The molecular formula is C26H26N6O. The van der Waals surface area contributed by atoms with Gasteiger partial charge in [0.15, 0.2) is 0 Å². The van der Waals surface area contributed by atoms with E-state index in [4.69, 9.17) is 14.7 Å². The molecule has 7 heteroatoms. The highest BCUT2D eigenvalue weighted by atomic mass is 16.5. The molecule has 0 unspecified atom stereocenters. The van der Waals surface area contributed by atoms with E-state index in [1.54, 1.807) is 0 Å². The maximum absolute atomic E-state index is 6.10. The van der Waals surface area contributed by atoms with Gasteiger partial charge >= 0.3 is 0 Å². The van der Waals surface area contributed by atoms with Crippen molar-refractivity contribution >= 4 is 21.9 Å². The summed E-state index contributed by atoms with van der Waals surface area (Å²) in [7, 11) is 0. The number of benzene rings is 1. The van der Waals surface area contributed by atoms with Gasteiger partial charge in [-0.15, -0.1) is 0 Å². The van der Waals surface area contributed by atoms with Crippen LogP contribution in [0.25, 0.3) is 44.6 Å². The van der Waals surface area contributed by atoms with Crippen LogP contribution in [0.4, 0.5) is 0 Å². The average molecular weight is 439 g/mol. The SMILES string of the molecule is Cc1cc(-c2ccc(O[C@H]3CC[C@@H](C)CC3)nc2)ncc1-c1nc2cc3cn[nH]c3cc2[nH]1. The number of nitrogens with one attached hydrogen (secondary N) is 2. The van der Waals surface area contributed by atoms with E-state index in [0.29, 0.717) is 5.88 Å². The summed E-state index contributed by atoms with van der Waals surface area (Å²) in [5.74, 6) is 2.32. The zero-order valence-electron chi connectivity index (χ0n) is 18.8. The van der Waals surface area contributed by atoms with E-state index in [2.05, 4.69) is 40.1 Å². The number of rotatable bonds is 4. The average Bonchev–Trinajstić information content (AvgIpc) is 3.45. The molecule has 1 aliphatic carbocycles. The smallest absolute Gasteiger partial charge is 0.213 e. The second-order valence-electron chi connectivity index (χ2n) is 9.18. The number of hydrogen-bond acceptors (Lipinski definition) is 5. The monoisotopic (exact) mass is 438 g/mol. The zero-order valence-corrected chi connectivity index (χ0v) is 18.8. The third-order valence-corrected chi connectivity index (χ3v) is 6.69. The summed E-state index contributed by atoms with van der Waals surface area (Å²) >= 11 is 0. The van der Waals surface area contributed by atoms with Gasteiger partial charge in [-0.1, -0.05) is 6.92 Å². The molecule has 7 nitrogen and oxygen atoms in total. The van der Waals surface area contributed by atoms with Crippen molar-refractivity contribution in [2.24, 2.45) is 5.92 Å². The summed E-state index contributed by atoms with van der Waals surface area (Å²) in [5, 5.41) is 8.13. The number of aromatic amines is 2. The number of hydrogen-bond donors (Lipinski definition) is 2. The number of imidazole rings is 1. The highest BCUT2D eigenvalue weighted by molar-refractivity contribution is 5.94. The van der Waals surface area contributed by atoms with E-state index < -0.39 is 0 Å². The maximum atomic E-state index is 6.10. The molecule has 166 valence electrons. The molecule has 4 heterocycles. The van der Waals surface area contributed by atoms with Crippen molar-refractivity contribution in [3.8, 4) is 28.5 Å². The lowest BCUT2D eigenvalue weighted by Gasteiger charge is -2.26. The number of H-pyrrole nitrogens is 2. The van der Waals surface area contributed by atoms with Crippen LogP contribution in [0.15, 0.2) is 48.9 Å². The van der Waals surface area contributed by atoms with Crippen LogP contribution < -0.4 is 4.74 Å². The molecule has 0 spiro atoms. The van der Waals surface area contributed by atoms with E-state index in [-0.39, 0.29) is 6.10 Å². The van der Waals surface area contributed by atoms with Gasteiger partial charge in [0.05, 0.1) is 28.4 Å². The van der Waals surface area contributed by atoms with E-state index in [1.165, 1.54) is 12.8 Å². The molecule has 1 aromatic carbocycles. The summed E-state index contributed by atoms with van der Waals surface area (Å²) in [6.45, 7) is 4.40. The fourth-order valence-electron chi connectivity index (χ4n) is 4.66. The highest BCUT2D eigenvalue weighted by Crippen LogP contribution is 2.29. The molecule has 0 atom stereocenters. The number of nitrogens with zero attached hydrogens (tertiary/aromatic N) is 4. The van der Waals surface area contributed by atoms with Gasteiger partial charge in [0.2, 0.25) is 5.88 Å². The standard InChI is InChI=1S/C26H26N6O/c1-15-3-6-19(7-4-15)33-25-8-5-17(12-28-25)21-9-16(2)20(14-27-21)26-30-23-10-18-13-29-32-22(18)11-24(23)31-26/h5,8-15,19H,3-4,6-7H2,1-2H3,(H,29,32)(H,30,31)/t15-,19+. The van der Waals surface area contributed by atoms with Gasteiger partial charge in [-0.25, -0.2) is 9.97 Å². The minimum Gasteiger partial charge on any atom is -0.474 e. The lowest BCUT2D eigenvalue weighted by molar-refractivity contribution is 0.130. The molecule has 0 aliphatic heterocycles. The van der Waals surface area contributed by atoms with E-state index in [9.17, 15) is 0 Å². The van der Waals surface area contributed by atoms with Crippen LogP contribution in [-0.2, 0) is 0 Å². The Labute approximate surface area is 191 Å². The van der Waals surface area contributed by atoms with Gasteiger partial charge in [0.25, 0.3) is 0 Å². The number of pyridine rings is 2. The van der Waals surface area contributed by atoms with Crippen LogP contribution in [-0.4, -0.2) is 36.2 Å². The number of fused-ring (bicyclic) bond motifs is 2. The van der Waals surface area contributed by atoms with Gasteiger partial charge in [-0.3, -0.25) is 10.1 Å². The molecule has 0 bridgehead atoms. The van der Waals surface area contributed by atoms with E-state index >= 15 is 0 Å². The van der Waals surface area contributed by atoms with Gasteiger partial charge in [0, 0.05) is 35.0 Å². The molecule has 2 N–H and O–H groups in total. The van der Waals surface area contributed by atoms with Crippen LogP contribution in [0, 0.1) is 12.8 Å². The third-order valence-electron chi connectivity index (χ3n) is 6.69. The van der Waals surface area contributed by atoms with E-state index in [1.807, 2.05) is 42.9 Å². The van der Waals surface area contributed by atoms with Crippen LogP contribution >= 0.6 is 0 Å². The molecule has 33 heavy (non-hydrogen) atoms. The van der Waals surface area contributed by atoms with Crippen LogP contribution in [0.1, 0.15) is 38.2 Å². The predicted molar refractivity (Wildman–Crippen MR) is 129 cm³/mol. The molecule has 6 rings (SSSR count).